The van der Waals surface area contributed by atoms with Crippen molar-refractivity contribution in [1.29, 1.82) is 0 Å². The van der Waals surface area contributed by atoms with Crippen LogP contribution in [-0.2, 0) is 41.2 Å². The lowest BCUT2D eigenvalue weighted by Gasteiger charge is -2.29. The second kappa shape index (κ2) is 7.69. The maximum atomic E-state index is 13.0. The minimum atomic E-state index is -4.17. The molecule has 0 bridgehead atoms. The number of hydrogen-bond donors (Lipinski definition) is 2. The molecular weight excluding hydrogens is 444 g/mol. The van der Waals surface area contributed by atoms with E-state index in [1.165, 1.54) is 10.9 Å². The summed E-state index contributed by atoms with van der Waals surface area (Å²) in [5.41, 5.74) is 4.74. The number of fused-ring (bicyclic) bond motifs is 3. The lowest BCUT2D eigenvalue weighted by atomic mass is 9.90. The fraction of sp³-hybridized carbons (Fsp3) is 0.591. The van der Waals surface area contributed by atoms with Crippen LogP contribution in [0.1, 0.15) is 49.2 Å². The topological polar surface area (TPSA) is 118 Å². The van der Waals surface area contributed by atoms with Gasteiger partial charge in [0.1, 0.15) is 6.61 Å². The van der Waals surface area contributed by atoms with Crippen molar-refractivity contribution < 1.29 is 17.9 Å². The van der Waals surface area contributed by atoms with Crippen LogP contribution in [0, 0.1) is 0 Å². The van der Waals surface area contributed by atoms with Gasteiger partial charge >= 0.3 is 6.03 Å². The first-order chi connectivity index (χ1) is 15.6. The summed E-state index contributed by atoms with van der Waals surface area (Å²) in [5, 5.41) is 7.02. The van der Waals surface area contributed by atoms with E-state index in [1.807, 2.05) is 19.0 Å². The third-order valence-electron chi connectivity index (χ3n) is 7.01. The lowest BCUT2D eigenvalue weighted by molar-refractivity contribution is 0.117. The highest BCUT2D eigenvalue weighted by Gasteiger charge is 2.37. The van der Waals surface area contributed by atoms with Gasteiger partial charge in [-0.1, -0.05) is 13.8 Å². The van der Waals surface area contributed by atoms with Crippen LogP contribution in [0.4, 0.5) is 10.5 Å². The molecule has 2 aliphatic carbocycles. The van der Waals surface area contributed by atoms with Crippen LogP contribution in [-0.4, -0.2) is 60.9 Å². The molecule has 11 heteroatoms. The summed E-state index contributed by atoms with van der Waals surface area (Å²) in [5.74, 6) is 0.154. The summed E-state index contributed by atoms with van der Waals surface area (Å²) < 4.78 is 35.4. The minimum absolute atomic E-state index is 0.0645. The van der Waals surface area contributed by atoms with E-state index >= 15 is 0 Å². The summed E-state index contributed by atoms with van der Waals surface area (Å²) in [6, 6.07) is -0.700. The van der Waals surface area contributed by atoms with Crippen LogP contribution in [0.3, 0.4) is 0 Å². The molecule has 3 heterocycles. The van der Waals surface area contributed by atoms with Crippen LogP contribution < -0.4 is 14.8 Å². The molecule has 0 saturated carbocycles. The number of amides is 2. The number of rotatable bonds is 4. The van der Waals surface area contributed by atoms with E-state index < -0.39 is 16.1 Å². The van der Waals surface area contributed by atoms with E-state index in [0.29, 0.717) is 13.2 Å². The van der Waals surface area contributed by atoms with Crippen molar-refractivity contribution in [1.82, 2.24) is 24.4 Å². The lowest BCUT2D eigenvalue weighted by Crippen LogP contribution is -2.41. The largest absolute Gasteiger partial charge is 0.475 e. The maximum Gasteiger partial charge on any atom is 0.333 e. The molecule has 5 rings (SSSR count). The smallest absolute Gasteiger partial charge is 0.333 e. The number of likely N-dealkylation sites (N-methyl/N-ethyl adjacent to an activating group) is 1. The van der Waals surface area contributed by atoms with E-state index in [0.717, 1.165) is 60.3 Å². The highest BCUT2D eigenvalue weighted by Crippen LogP contribution is 2.44. The van der Waals surface area contributed by atoms with Crippen molar-refractivity contribution in [3.63, 3.8) is 0 Å². The van der Waals surface area contributed by atoms with Crippen LogP contribution in [0.15, 0.2) is 11.1 Å². The van der Waals surface area contributed by atoms with E-state index in [2.05, 4.69) is 29.0 Å². The van der Waals surface area contributed by atoms with Crippen LogP contribution >= 0.6 is 0 Å². The fourth-order valence-electron chi connectivity index (χ4n) is 5.01. The summed E-state index contributed by atoms with van der Waals surface area (Å²) in [6.45, 7) is 5.17. The van der Waals surface area contributed by atoms with Crippen molar-refractivity contribution >= 4 is 21.7 Å². The highest BCUT2D eigenvalue weighted by molar-refractivity contribution is 7.90. The Kier molecular flexibility index (Phi) is 5.16. The fourth-order valence-corrected chi connectivity index (χ4v) is 5.99. The van der Waals surface area contributed by atoms with Gasteiger partial charge in [-0.05, 0) is 57.3 Å². The molecule has 10 nitrogen and oxygen atoms in total. The maximum absolute atomic E-state index is 13.0. The second-order valence-electron chi connectivity index (χ2n) is 9.96. The number of nitrogens with one attached hydrogen (secondary N) is 2. The standard InChI is InChI=1S/C22H30N6O4S/c1-22(2)9-8-15-18(14-6-5-7-16(14)24-19(15)22)25-21(29)26-33(30,31)17-10-23-28-11-13(27(3)4)12-32-20(17)28/h10,13H,5-9,11-12H2,1-4H3,(H2,24,25,26,29). The Morgan fingerprint density at radius 2 is 2.03 bits per heavy atom. The molecule has 33 heavy (non-hydrogen) atoms. The number of sulfonamides is 1. The van der Waals surface area contributed by atoms with Crippen LogP contribution in [0.25, 0.3) is 0 Å². The van der Waals surface area contributed by atoms with Crippen molar-refractivity contribution in [2.24, 2.45) is 0 Å². The van der Waals surface area contributed by atoms with Gasteiger partial charge in [-0.3, -0.25) is 4.98 Å². The molecule has 2 aromatic heterocycles. The molecule has 1 aliphatic heterocycles. The van der Waals surface area contributed by atoms with E-state index in [4.69, 9.17) is 9.72 Å². The van der Waals surface area contributed by atoms with Gasteiger partial charge in [-0.2, -0.15) is 5.10 Å². The summed E-state index contributed by atoms with van der Waals surface area (Å²) in [7, 11) is -0.305. The summed E-state index contributed by atoms with van der Waals surface area (Å²) in [4.78, 5) is 19.7. The first-order valence-corrected chi connectivity index (χ1v) is 12.8. The van der Waals surface area contributed by atoms with E-state index in [9.17, 15) is 13.2 Å². The molecule has 178 valence electrons. The Hall–Kier alpha value is -2.66. The van der Waals surface area contributed by atoms with Crippen LogP contribution in [0.2, 0.25) is 0 Å². The highest BCUT2D eigenvalue weighted by atomic mass is 32.2. The third-order valence-corrected chi connectivity index (χ3v) is 8.32. The predicted molar refractivity (Wildman–Crippen MR) is 122 cm³/mol. The molecule has 2 aromatic rings. The average molecular weight is 475 g/mol. The number of carbonyl (C=O) groups excluding carboxylic acids is 1. The van der Waals surface area contributed by atoms with Gasteiger partial charge in [-0.25, -0.2) is 22.6 Å². The molecule has 0 spiro atoms. The Morgan fingerprint density at radius 3 is 2.79 bits per heavy atom. The molecule has 2 amide bonds. The summed E-state index contributed by atoms with van der Waals surface area (Å²) >= 11 is 0. The Bertz CT molecular complexity index is 1230. The van der Waals surface area contributed by atoms with E-state index in [-0.39, 0.29) is 22.2 Å². The van der Waals surface area contributed by atoms with Crippen LogP contribution in [0.5, 0.6) is 5.88 Å². The van der Waals surface area contributed by atoms with Gasteiger partial charge in [0.25, 0.3) is 10.0 Å². The number of carbonyl (C=O) groups is 1. The molecule has 0 fully saturated rings. The van der Waals surface area contributed by atoms with Gasteiger partial charge < -0.3 is 15.0 Å². The molecule has 3 aliphatic rings. The van der Waals surface area contributed by atoms with Gasteiger partial charge in [0, 0.05) is 11.1 Å². The molecule has 0 radical (unpaired) electrons. The number of ether oxygens (including phenoxy) is 1. The normalized spacial score (nSPS) is 20.7. The third kappa shape index (κ3) is 3.76. The number of pyridine rings is 1. The number of anilines is 1. The molecular formula is C22H30N6O4S. The number of urea groups is 1. The predicted octanol–water partition coefficient (Wildman–Crippen LogP) is 1.82. The SMILES string of the molecule is CN(C)C1COc2c(S(=O)(=O)NC(=O)Nc3c4c(nc5c3CCC5(C)C)CCC4)cnn2C1. The van der Waals surface area contributed by atoms with Gasteiger partial charge in [0.05, 0.1) is 30.2 Å². The Labute approximate surface area is 193 Å². The number of aryl methyl sites for hydroxylation is 1. The number of nitrogens with zero attached hydrogens (tertiary/aromatic N) is 4. The number of hydrogen-bond acceptors (Lipinski definition) is 7. The molecule has 1 atom stereocenters. The quantitative estimate of drug-likeness (QED) is 0.694. The first kappa shape index (κ1) is 22.1. The zero-order valence-corrected chi connectivity index (χ0v) is 20.3. The van der Waals surface area contributed by atoms with Gasteiger partial charge in [-0.15, -0.1) is 0 Å². The van der Waals surface area contributed by atoms with Crippen molar-refractivity contribution in [2.75, 3.05) is 26.0 Å². The zero-order chi connectivity index (χ0) is 23.5. The molecule has 2 N–H and O–H groups in total. The van der Waals surface area contributed by atoms with Crippen molar-refractivity contribution in [2.45, 2.75) is 68.8 Å². The summed E-state index contributed by atoms with van der Waals surface area (Å²) in [6.07, 6.45) is 5.67. The second-order valence-corrected chi connectivity index (χ2v) is 11.6. The Balaban J connectivity index is 1.39. The molecule has 1 unspecified atom stereocenters. The zero-order valence-electron chi connectivity index (χ0n) is 19.4. The Morgan fingerprint density at radius 1 is 1.24 bits per heavy atom. The number of aromatic nitrogens is 3. The molecule has 0 saturated heterocycles. The first-order valence-electron chi connectivity index (χ1n) is 11.3. The van der Waals surface area contributed by atoms with Gasteiger partial charge in [0.15, 0.2) is 4.90 Å². The van der Waals surface area contributed by atoms with E-state index in [1.54, 1.807) is 0 Å². The average Bonchev–Trinajstić information content (AvgIpc) is 3.44. The molecule has 0 aromatic carbocycles. The minimum Gasteiger partial charge on any atom is -0.475 e. The van der Waals surface area contributed by atoms with Gasteiger partial charge in [0.2, 0.25) is 5.88 Å². The van der Waals surface area contributed by atoms with Crippen molar-refractivity contribution in [3.8, 4) is 5.88 Å². The monoisotopic (exact) mass is 474 g/mol. The van der Waals surface area contributed by atoms with Crippen molar-refractivity contribution in [3.05, 3.63) is 28.7 Å².